The molecule has 0 unspecified atom stereocenters. The summed E-state index contributed by atoms with van der Waals surface area (Å²) in [4.78, 5) is 16.3. The normalized spacial score (nSPS) is 16.9. The van der Waals surface area contributed by atoms with Gasteiger partial charge in [-0.25, -0.2) is 0 Å². The number of ketones is 1. The van der Waals surface area contributed by atoms with Crippen LogP contribution >= 0.6 is 0 Å². The van der Waals surface area contributed by atoms with Gasteiger partial charge in [-0.2, -0.15) is 0 Å². The number of Topliss-reactive ketones (excluding diaryl/α,β-unsaturated/α-hetero) is 1. The van der Waals surface area contributed by atoms with E-state index in [1.54, 1.807) is 0 Å². The van der Waals surface area contributed by atoms with Crippen molar-refractivity contribution in [3.05, 3.63) is 80.6 Å². The van der Waals surface area contributed by atoms with Crippen LogP contribution in [0.25, 0.3) is 15.9 Å². The fourth-order valence-electron chi connectivity index (χ4n) is 5.50. The second-order valence-corrected chi connectivity index (χ2v) is 15.5. The van der Waals surface area contributed by atoms with Crippen molar-refractivity contribution in [2.45, 2.75) is 71.8 Å². The predicted octanol–water partition coefficient (Wildman–Crippen LogP) is 5.32. The second-order valence-electron chi connectivity index (χ2n) is 11.1. The number of nitrogens with one attached hydrogen (secondary N) is 1. The van der Waals surface area contributed by atoms with Crippen molar-refractivity contribution in [3.8, 4) is 0 Å². The molecule has 0 saturated carbocycles. The number of carbonyl (C=O) groups is 1. The van der Waals surface area contributed by atoms with Gasteiger partial charge in [0.05, 0.1) is 0 Å². The molecular formula is C34H43N4OSe2+. The van der Waals surface area contributed by atoms with Gasteiger partial charge < -0.3 is 0 Å². The third kappa shape index (κ3) is 6.82. The Bertz CT molecular complexity index is 1480. The van der Waals surface area contributed by atoms with Gasteiger partial charge in [-0.1, -0.05) is 0 Å². The van der Waals surface area contributed by atoms with E-state index in [1.165, 1.54) is 80.5 Å². The van der Waals surface area contributed by atoms with Gasteiger partial charge in [0.15, 0.2) is 0 Å². The minimum absolute atomic E-state index is 0.157. The molecule has 0 amide bonds. The molecule has 0 saturated heterocycles. The van der Waals surface area contributed by atoms with Gasteiger partial charge in [-0.05, 0) is 0 Å². The van der Waals surface area contributed by atoms with Crippen LogP contribution in [-0.2, 0) is 11.3 Å². The van der Waals surface area contributed by atoms with Crippen LogP contribution in [0.2, 0.25) is 0 Å². The van der Waals surface area contributed by atoms with E-state index in [-0.39, 0.29) is 35.2 Å². The minimum atomic E-state index is 0.157. The van der Waals surface area contributed by atoms with Crippen LogP contribution < -0.4 is 19.4 Å². The third-order valence-electron chi connectivity index (χ3n) is 7.64. The molecule has 5 rings (SSSR count). The summed E-state index contributed by atoms with van der Waals surface area (Å²) in [6, 6.07) is 17.5. The number of carbonyl (C=O) groups excluding carboxylic acids is 1. The fourth-order valence-corrected chi connectivity index (χ4v) is 10.2. The number of hydrazine groups is 1. The molecule has 2 aliphatic rings. The molecule has 216 valence electrons. The van der Waals surface area contributed by atoms with Crippen LogP contribution in [0.1, 0.15) is 69.8 Å². The van der Waals surface area contributed by atoms with Gasteiger partial charge in [0.1, 0.15) is 0 Å². The average Bonchev–Trinajstić information content (AvgIpc) is 3.51. The summed E-state index contributed by atoms with van der Waals surface area (Å²) in [5.41, 5.74) is 8.71. The molecule has 5 nitrogen and oxygen atoms in total. The van der Waals surface area contributed by atoms with Crippen molar-refractivity contribution in [1.29, 1.82) is 0 Å². The molecule has 0 spiro atoms. The predicted molar refractivity (Wildman–Crippen MR) is 173 cm³/mol. The number of hydrogen-bond donors (Lipinski definition) is 1. The van der Waals surface area contributed by atoms with Crippen molar-refractivity contribution < 1.29 is 9.36 Å². The third-order valence-corrected chi connectivity index (χ3v) is 12.3. The van der Waals surface area contributed by atoms with E-state index in [0.717, 1.165) is 29.9 Å². The van der Waals surface area contributed by atoms with Crippen molar-refractivity contribution in [1.82, 2.24) is 10.4 Å². The van der Waals surface area contributed by atoms with Crippen LogP contribution in [-0.4, -0.2) is 60.9 Å². The summed E-state index contributed by atoms with van der Waals surface area (Å²) >= 11 is 0.384. The zero-order valence-electron chi connectivity index (χ0n) is 24.9. The molecule has 0 fully saturated rings. The first kappa shape index (κ1) is 30.1. The van der Waals surface area contributed by atoms with Crippen molar-refractivity contribution in [2.24, 2.45) is 0 Å². The summed E-state index contributed by atoms with van der Waals surface area (Å²) in [6.07, 6.45) is 14.2. The Morgan fingerprint density at radius 1 is 0.902 bits per heavy atom. The maximum absolute atomic E-state index is 13.8. The van der Waals surface area contributed by atoms with Crippen molar-refractivity contribution in [3.63, 3.8) is 0 Å². The van der Waals surface area contributed by atoms with Gasteiger partial charge in [-0.3, -0.25) is 0 Å². The Balaban J connectivity index is 1.49. The molecule has 3 aromatic rings. The Hall–Kier alpha value is -2.40. The number of nitrogens with zero attached hydrogens (tertiary/aromatic N) is 3. The number of fused-ring (bicyclic) bond motifs is 2. The van der Waals surface area contributed by atoms with E-state index in [0.29, 0.717) is 0 Å². The monoisotopic (exact) mass is 683 g/mol. The van der Waals surface area contributed by atoms with Gasteiger partial charge >= 0.3 is 259 Å². The first-order valence-corrected chi connectivity index (χ1v) is 18.6. The number of aryl methyl sites for hydroxylation is 1. The second kappa shape index (κ2) is 14.2. The average molecular weight is 682 g/mol. The van der Waals surface area contributed by atoms with Crippen LogP contribution in [0.4, 0.5) is 5.69 Å². The molecule has 2 aromatic carbocycles. The number of para-hydroxylation sites is 2. The molecule has 41 heavy (non-hydrogen) atoms. The first-order chi connectivity index (χ1) is 20.0. The summed E-state index contributed by atoms with van der Waals surface area (Å²) in [6.45, 7) is 6.54. The Labute approximate surface area is 257 Å². The van der Waals surface area contributed by atoms with E-state index in [1.807, 2.05) is 19.1 Å². The van der Waals surface area contributed by atoms with Gasteiger partial charge in [0.2, 0.25) is 0 Å². The number of aromatic nitrogens is 1. The van der Waals surface area contributed by atoms with Crippen LogP contribution in [0, 0.1) is 0 Å². The Morgan fingerprint density at radius 3 is 2.41 bits per heavy atom. The molecule has 1 N–H and O–H groups in total. The first-order valence-electron chi connectivity index (χ1n) is 15.1. The van der Waals surface area contributed by atoms with E-state index in [4.69, 9.17) is 0 Å². The van der Waals surface area contributed by atoms with Crippen LogP contribution in [0.3, 0.4) is 0 Å². The van der Waals surface area contributed by atoms with Crippen molar-refractivity contribution >= 4 is 61.2 Å². The fraction of sp³-hybridized carbons (Fsp3) is 0.412. The van der Waals surface area contributed by atoms with Gasteiger partial charge in [0.25, 0.3) is 0 Å². The zero-order chi connectivity index (χ0) is 28.8. The van der Waals surface area contributed by atoms with E-state index in [2.05, 4.69) is 89.4 Å². The standard InChI is InChI=1S/C34H42N4OSe2/c1-5-7-9-15-21-37-27-17-11-13-19-29(27)40-31(37)23-25-33(35-36(3)4)26(34(25)39)24-32-38(22-16-10-8-6-2)28-18-12-14-20-30(28)41-32/h11-14,17-20,23-24H,5-10,15-16,21-22H2,1-4H3/p+1. The number of rotatable bonds is 14. The molecule has 1 aliphatic carbocycles. The zero-order valence-corrected chi connectivity index (χ0v) is 28.3. The number of allylic oxidation sites excluding steroid dienone is 3. The molecule has 7 heteroatoms. The maximum atomic E-state index is 13.8. The number of anilines is 1. The van der Waals surface area contributed by atoms with E-state index >= 15 is 0 Å². The summed E-state index contributed by atoms with van der Waals surface area (Å²) < 4.78 is 7.88. The summed E-state index contributed by atoms with van der Waals surface area (Å²) in [7, 11) is 3.99. The van der Waals surface area contributed by atoms with E-state index in [9.17, 15) is 4.79 Å². The number of benzene rings is 2. The number of unbranched alkanes of at least 4 members (excludes halogenated alkanes) is 6. The molecule has 1 aromatic heterocycles. The van der Waals surface area contributed by atoms with Gasteiger partial charge in [0, 0.05) is 0 Å². The summed E-state index contributed by atoms with van der Waals surface area (Å²) in [5.74, 6) is 0.157. The molecule has 0 bridgehead atoms. The SMILES string of the molecule is CCCCCCN1C(=CC2=C(NN(C)C)C(=Cc3[se]c4ccccc4[n+]3CCCCCC)C2=O)[Se]c2ccccc21. The Kier molecular flexibility index (Phi) is 10.4. The molecule has 1 aliphatic heterocycles. The van der Waals surface area contributed by atoms with Crippen LogP contribution in [0.15, 0.2) is 76.0 Å². The molecular weight excluding hydrogens is 638 g/mol. The summed E-state index contributed by atoms with van der Waals surface area (Å²) in [5, 5.41) is 1.95. The van der Waals surface area contributed by atoms with Crippen molar-refractivity contribution in [2.75, 3.05) is 25.5 Å². The van der Waals surface area contributed by atoms with E-state index < -0.39 is 0 Å². The molecule has 2 heterocycles. The van der Waals surface area contributed by atoms with Crippen LogP contribution in [0.5, 0.6) is 0 Å². The quantitative estimate of drug-likeness (QED) is 0.0823. The Morgan fingerprint density at radius 2 is 1.63 bits per heavy atom. The van der Waals surface area contributed by atoms with Gasteiger partial charge in [-0.15, -0.1) is 0 Å². The number of hydrogen-bond acceptors (Lipinski definition) is 4. The molecule has 0 atom stereocenters. The molecule has 0 radical (unpaired) electrons. The topological polar surface area (TPSA) is 39.5 Å².